The summed E-state index contributed by atoms with van der Waals surface area (Å²) in [6.45, 7) is 4.33. The maximum Gasteiger partial charge on any atom is 0.265 e. The number of rotatable bonds is 10. The number of para-hydroxylation sites is 1. The number of carbonyl (C=O) groups excluding carboxylic acids is 1. The molecule has 1 saturated heterocycles. The van der Waals surface area contributed by atoms with Gasteiger partial charge < -0.3 is 29.6 Å². The fourth-order valence-electron chi connectivity index (χ4n) is 5.25. The number of benzene rings is 2. The second-order valence-corrected chi connectivity index (χ2v) is 12.2. The van der Waals surface area contributed by atoms with Gasteiger partial charge in [-0.3, -0.25) is 9.35 Å². The van der Waals surface area contributed by atoms with Crippen molar-refractivity contribution in [2.24, 2.45) is 13.0 Å². The Hall–Kier alpha value is -4.17. The third-order valence-electron chi connectivity index (χ3n) is 7.15. The molecule has 43 heavy (non-hydrogen) atoms. The molecule has 1 aliphatic heterocycles. The molecule has 0 bridgehead atoms. The Morgan fingerprint density at radius 1 is 1.21 bits per heavy atom. The van der Waals surface area contributed by atoms with Crippen LogP contribution in [0.5, 0.6) is 11.5 Å². The molecule has 2 aromatic heterocycles. The summed E-state index contributed by atoms with van der Waals surface area (Å²) >= 11 is 6.55. The predicted octanol–water partition coefficient (Wildman–Crippen LogP) is 4.36. The molecular formula is C29H31ClN6O6S. The summed E-state index contributed by atoms with van der Waals surface area (Å²) < 4.78 is 46.6. The third kappa shape index (κ3) is 6.75. The van der Waals surface area contributed by atoms with E-state index in [1.54, 1.807) is 12.1 Å². The molecule has 3 N–H and O–H groups in total. The fourth-order valence-corrected chi connectivity index (χ4v) is 6.30. The van der Waals surface area contributed by atoms with E-state index >= 15 is 0 Å². The van der Waals surface area contributed by atoms with Gasteiger partial charge in [0, 0.05) is 54.8 Å². The van der Waals surface area contributed by atoms with E-state index in [9.17, 15) is 17.8 Å². The Labute approximate surface area is 254 Å². The van der Waals surface area contributed by atoms with Crippen LogP contribution in [0.3, 0.4) is 0 Å². The second kappa shape index (κ2) is 12.2. The van der Waals surface area contributed by atoms with Crippen molar-refractivity contribution in [3.8, 4) is 22.8 Å². The van der Waals surface area contributed by atoms with Crippen molar-refractivity contribution >= 4 is 55.9 Å². The van der Waals surface area contributed by atoms with Gasteiger partial charge in [-0.15, -0.1) is 0 Å². The number of anilines is 3. The number of methoxy groups -OCH3 is 1. The smallest absolute Gasteiger partial charge is 0.265 e. The standard InChI is InChI=1S/C29H31ClN6O6S/c1-5-27(37)32-22-10-21(24(41-4)11-25(22)42-26-15-35(2)13-17(26)16-43(38,39)40)33-29-31-12-20(30)28(34-29)19-14-36(3)23-9-7-6-8-18(19)23/h5-12,14,17,26H,1,13,15-16H2,2-4H3,(H,32,37)(H,31,33,34)(H,38,39,40)/t17?,26-/m1/s1. The molecule has 1 amide bonds. The van der Waals surface area contributed by atoms with Crippen LogP contribution in [0.1, 0.15) is 0 Å². The Kier molecular flexibility index (Phi) is 8.60. The molecule has 2 aromatic carbocycles. The SMILES string of the molecule is C=CC(=O)Nc1cc(Nc2ncc(Cl)c(-c3cn(C)c4ccccc34)n2)c(OC)cc1O[C@@H]1CN(C)CC1CS(=O)(=O)O. The van der Waals surface area contributed by atoms with Gasteiger partial charge in [-0.1, -0.05) is 36.4 Å². The van der Waals surface area contributed by atoms with Crippen LogP contribution in [0, 0.1) is 5.92 Å². The number of ether oxygens (including phenoxy) is 2. The van der Waals surface area contributed by atoms with E-state index in [0.29, 0.717) is 35.2 Å². The second-order valence-electron chi connectivity index (χ2n) is 10.3. The maximum absolute atomic E-state index is 12.3. The molecule has 12 nitrogen and oxygen atoms in total. The lowest BCUT2D eigenvalue weighted by Gasteiger charge is -2.23. The van der Waals surface area contributed by atoms with E-state index in [4.69, 9.17) is 26.1 Å². The lowest BCUT2D eigenvalue weighted by molar-refractivity contribution is -0.111. The summed E-state index contributed by atoms with van der Waals surface area (Å²) in [5, 5.41) is 7.23. The molecule has 1 fully saturated rings. The zero-order chi connectivity index (χ0) is 30.9. The van der Waals surface area contributed by atoms with Gasteiger partial charge in [-0.2, -0.15) is 8.42 Å². The number of likely N-dealkylation sites (tertiary alicyclic amines) is 1. The van der Waals surface area contributed by atoms with Crippen molar-refractivity contribution in [1.82, 2.24) is 19.4 Å². The number of hydrogen-bond acceptors (Lipinski definition) is 9. The minimum Gasteiger partial charge on any atom is -0.494 e. The van der Waals surface area contributed by atoms with E-state index in [-0.39, 0.29) is 17.4 Å². The van der Waals surface area contributed by atoms with Gasteiger partial charge in [0.2, 0.25) is 11.9 Å². The van der Waals surface area contributed by atoms with Crippen molar-refractivity contribution in [3.63, 3.8) is 0 Å². The minimum atomic E-state index is -4.23. The number of nitrogens with one attached hydrogen (secondary N) is 2. The van der Waals surface area contributed by atoms with E-state index in [1.165, 1.54) is 13.3 Å². The Morgan fingerprint density at radius 3 is 2.70 bits per heavy atom. The Balaban J connectivity index is 1.51. The quantitative estimate of drug-likeness (QED) is 0.171. The van der Waals surface area contributed by atoms with Gasteiger partial charge >= 0.3 is 0 Å². The largest absolute Gasteiger partial charge is 0.494 e. The van der Waals surface area contributed by atoms with Gasteiger partial charge in [0.05, 0.1) is 41.2 Å². The number of aryl methyl sites for hydroxylation is 1. The normalized spacial score (nSPS) is 17.1. The van der Waals surface area contributed by atoms with E-state index < -0.39 is 33.8 Å². The molecule has 0 aliphatic carbocycles. The highest BCUT2D eigenvalue weighted by Gasteiger charge is 2.36. The van der Waals surface area contributed by atoms with Crippen molar-refractivity contribution in [1.29, 1.82) is 0 Å². The molecule has 14 heteroatoms. The summed E-state index contributed by atoms with van der Waals surface area (Å²) in [7, 11) is 1.02. The zero-order valence-corrected chi connectivity index (χ0v) is 25.3. The van der Waals surface area contributed by atoms with Gasteiger partial charge in [-0.05, 0) is 25.3 Å². The van der Waals surface area contributed by atoms with Crippen LogP contribution in [0.4, 0.5) is 17.3 Å². The summed E-state index contributed by atoms with van der Waals surface area (Å²) in [4.78, 5) is 23.3. The van der Waals surface area contributed by atoms with Crippen LogP contribution >= 0.6 is 11.6 Å². The molecule has 1 aliphatic rings. The molecule has 0 saturated carbocycles. The number of amides is 1. The molecule has 226 valence electrons. The molecule has 0 spiro atoms. The topological polar surface area (TPSA) is 148 Å². The summed E-state index contributed by atoms with van der Waals surface area (Å²) in [5.41, 5.74) is 3.08. The number of likely N-dealkylation sites (N-methyl/N-ethyl adjacent to an activating group) is 1. The van der Waals surface area contributed by atoms with Crippen molar-refractivity contribution in [2.45, 2.75) is 6.10 Å². The number of hydrogen-bond donors (Lipinski definition) is 3. The first-order valence-electron chi connectivity index (χ1n) is 13.3. The van der Waals surface area contributed by atoms with Crippen molar-refractivity contribution < 1.29 is 27.2 Å². The van der Waals surface area contributed by atoms with Gasteiger partial charge in [0.25, 0.3) is 10.1 Å². The molecular weight excluding hydrogens is 596 g/mol. The van der Waals surface area contributed by atoms with Gasteiger partial charge in [-0.25, -0.2) is 9.97 Å². The highest BCUT2D eigenvalue weighted by atomic mass is 35.5. The van der Waals surface area contributed by atoms with E-state index in [2.05, 4.69) is 22.2 Å². The minimum absolute atomic E-state index is 0.228. The molecule has 5 rings (SSSR count). The molecule has 0 radical (unpaired) electrons. The first-order valence-corrected chi connectivity index (χ1v) is 15.2. The molecule has 3 heterocycles. The van der Waals surface area contributed by atoms with Crippen LogP contribution in [0.25, 0.3) is 22.2 Å². The van der Waals surface area contributed by atoms with Crippen LogP contribution < -0.4 is 20.1 Å². The van der Waals surface area contributed by atoms with Gasteiger partial charge in [0.15, 0.2) is 0 Å². The van der Waals surface area contributed by atoms with Crippen LogP contribution in [0.2, 0.25) is 5.02 Å². The first kappa shape index (κ1) is 30.3. The predicted molar refractivity (Wildman–Crippen MR) is 166 cm³/mol. The average Bonchev–Trinajstić information content (AvgIpc) is 3.47. The van der Waals surface area contributed by atoms with Crippen LogP contribution in [-0.2, 0) is 22.0 Å². The van der Waals surface area contributed by atoms with Crippen LogP contribution in [-0.4, -0.2) is 77.4 Å². The van der Waals surface area contributed by atoms with E-state index in [0.717, 1.165) is 22.5 Å². The lowest BCUT2D eigenvalue weighted by Crippen LogP contribution is -2.31. The molecule has 2 atom stereocenters. The summed E-state index contributed by atoms with van der Waals surface area (Å²) in [6.07, 6.45) is 3.99. The molecule has 4 aromatic rings. The lowest BCUT2D eigenvalue weighted by atomic mass is 10.1. The average molecular weight is 627 g/mol. The number of fused-ring (bicyclic) bond motifs is 1. The molecule has 1 unspecified atom stereocenters. The van der Waals surface area contributed by atoms with Crippen molar-refractivity contribution in [3.05, 3.63) is 66.5 Å². The van der Waals surface area contributed by atoms with Crippen LogP contribution in [0.15, 0.2) is 61.4 Å². The number of nitrogens with zero attached hydrogens (tertiary/aromatic N) is 4. The maximum atomic E-state index is 12.3. The number of aromatic nitrogens is 3. The van der Waals surface area contributed by atoms with Gasteiger partial charge in [0.1, 0.15) is 17.6 Å². The van der Waals surface area contributed by atoms with E-state index in [1.807, 2.05) is 54.0 Å². The highest BCUT2D eigenvalue weighted by Crippen LogP contribution is 2.40. The zero-order valence-electron chi connectivity index (χ0n) is 23.7. The Morgan fingerprint density at radius 2 is 1.98 bits per heavy atom. The third-order valence-corrected chi connectivity index (χ3v) is 8.28. The highest BCUT2D eigenvalue weighted by molar-refractivity contribution is 7.85. The van der Waals surface area contributed by atoms with Crippen molar-refractivity contribution in [2.75, 3.05) is 43.6 Å². The number of halogens is 1. The first-order chi connectivity index (χ1) is 20.5. The summed E-state index contributed by atoms with van der Waals surface area (Å²) in [6, 6.07) is 11.1. The fraction of sp³-hybridized carbons (Fsp3) is 0.276. The summed E-state index contributed by atoms with van der Waals surface area (Å²) in [5.74, 6) is -0.631. The number of carbonyl (C=O) groups is 1. The Bertz CT molecular complexity index is 1810. The monoisotopic (exact) mass is 626 g/mol.